The number of esters is 3. The fourth-order valence-electron chi connectivity index (χ4n) is 3.57. The number of halogens is 6. The summed E-state index contributed by atoms with van der Waals surface area (Å²) >= 11 is 0. The predicted molar refractivity (Wildman–Crippen MR) is 92.8 cm³/mol. The first-order valence-corrected chi connectivity index (χ1v) is 8.66. The molecule has 0 saturated carbocycles. The van der Waals surface area contributed by atoms with E-state index in [1.165, 1.54) is 0 Å². The molecule has 0 amide bonds. The predicted octanol–water partition coefficient (Wildman–Crippen LogP) is 3.69. The van der Waals surface area contributed by atoms with Crippen LogP contribution >= 0.6 is 0 Å². The second kappa shape index (κ2) is 7.62. The largest absolute Gasteiger partial charge is 0.465 e. The van der Waals surface area contributed by atoms with E-state index in [0.717, 1.165) is 7.11 Å². The molecule has 170 valence electrons. The molecular formula is C20H12F6O6. The summed E-state index contributed by atoms with van der Waals surface area (Å²) in [4.78, 5) is 35.1. The van der Waals surface area contributed by atoms with Crippen LogP contribution in [0.1, 0.15) is 47.8 Å². The van der Waals surface area contributed by atoms with Crippen molar-refractivity contribution in [3.8, 4) is 0 Å². The van der Waals surface area contributed by atoms with Crippen molar-refractivity contribution in [2.75, 3.05) is 7.11 Å². The van der Waals surface area contributed by atoms with Gasteiger partial charge in [-0.15, -0.1) is 0 Å². The van der Waals surface area contributed by atoms with Crippen molar-refractivity contribution in [3.05, 3.63) is 69.8 Å². The molecule has 12 heteroatoms. The number of rotatable bonds is 4. The van der Waals surface area contributed by atoms with Gasteiger partial charge >= 0.3 is 30.3 Å². The molecule has 1 aliphatic rings. The number of aliphatic hydroxyl groups excluding tert-OH is 1. The van der Waals surface area contributed by atoms with E-state index in [1.807, 2.05) is 0 Å². The zero-order valence-electron chi connectivity index (χ0n) is 15.9. The van der Waals surface area contributed by atoms with E-state index in [0.29, 0.717) is 36.4 Å². The summed E-state index contributed by atoms with van der Waals surface area (Å²) in [6, 6.07) is 2.86. The van der Waals surface area contributed by atoms with Gasteiger partial charge in [0.1, 0.15) is 0 Å². The summed E-state index contributed by atoms with van der Waals surface area (Å²) in [6.07, 6.45) is -12.0. The Balaban J connectivity index is 2.39. The van der Waals surface area contributed by atoms with Gasteiger partial charge in [0.2, 0.25) is 5.41 Å². The van der Waals surface area contributed by atoms with Gasteiger partial charge in [0.25, 0.3) is 0 Å². The molecule has 0 bridgehead atoms. The van der Waals surface area contributed by atoms with Crippen LogP contribution in [0.15, 0.2) is 36.4 Å². The van der Waals surface area contributed by atoms with Crippen LogP contribution in [-0.4, -0.2) is 42.5 Å². The van der Waals surface area contributed by atoms with Gasteiger partial charge in [0.15, 0.2) is 0 Å². The van der Waals surface area contributed by atoms with Crippen LogP contribution in [0.2, 0.25) is 0 Å². The lowest BCUT2D eigenvalue weighted by Crippen LogP contribution is -2.55. The minimum Gasteiger partial charge on any atom is -0.465 e. The Kier molecular flexibility index (Phi) is 5.54. The standard InChI is InChI=1S/C20H12F6O6/c1-31-15(28)12-4-2-10(6-9(12)8-27)18(19(21,22)23,20(24,25)26)11-3-5-13-14(7-11)17(30)32-16(13)29/h2-7,27H,8H2,1H3. The van der Waals surface area contributed by atoms with Crippen molar-refractivity contribution in [2.45, 2.75) is 24.4 Å². The monoisotopic (exact) mass is 462 g/mol. The third-order valence-electron chi connectivity index (χ3n) is 5.04. The highest BCUT2D eigenvalue weighted by Gasteiger charge is 2.72. The summed E-state index contributed by atoms with van der Waals surface area (Å²) in [7, 11) is 0.943. The second-order valence-corrected chi connectivity index (χ2v) is 6.70. The fourth-order valence-corrected chi connectivity index (χ4v) is 3.57. The average molecular weight is 462 g/mol. The maximum Gasteiger partial charge on any atom is 0.411 e. The number of fused-ring (bicyclic) bond motifs is 1. The van der Waals surface area contributed by atoms with Gasteiger partial charge in [-0.25, -0.2) is 14.4 Å². The van der Waals surface area contributed by atoms with Crippen molar-refractivity contribution in [1.82, 2.24) is 0 Å². The summed E-state index contributed by atoms with van der Waals surface area (Å²) in [5, 5.41) is 9.45. The first-order valence-electron chi connectivity index (χ1n) is 8.66. The third-order valence-corrected chi connectivity index (χ3v) is 5.04. The van der Waals surface area contributed by atoms with E-state index >= 15 is 0 Å². The molecule has 3 rings (SSSR count). The van der Waals surface area contributed by atoms with E-state index in [1.54, 1.807) is 0 Å². The Bertz CT molecular complexity index is 1100. The van der Waals surface area contributed by atoms with Gasteiger partial charge in [0, 0.05) is 0 Å². The van der Waals surface area contributed by atoms with Crippen LogP contribution in [0.25, 0.3) is 0 Å². The van der Waals surface area contributed by atoms with Gasteiger partial charge in [-0.05, 0) is 34.9 Å². The SMILES string of the molecule is COC(=O)c1ccc(C(c2ccc3c(c2)C(=O)OC3=O)(C(F)(F)F)C(F)(F)F)cc1CO. The van der Waals surface area contributed by atoms with Gasteiger partial charge in [-0.1, -0.05) is 18.2 Å². The molecule has 1 aliphatic heterocycles. The first-order chi connectivity index (χ1) is 14.8. The molecule has 32 heavy (non-hydrogen) atoms. The van der Waals surface area contributed by atoms with E-state index < -0.39 is 75.7 Å². The summed E-state index contributed by atoms with van der Waals surface area (Å²) in [6.45, 7) is -1.06. The third kappa shape index (κ3) is 3.30. The van der Waals surface area contributed by atoms with Crippen LogP contribution in [0.3, 0.4) is 0 Å². The van der Waals surface area contributed by atoms with E-state index in [2.05, 4.69) is 9.47 Å². The number of aliphatic hydroxyl groups is 1. The maximum absolute atomic E-state index is 14.3. The van der Waals surface area contributed by atoms with Crippen LogP contribution in [-0.2, 0) is 21.5 Å². The Hall–Kier alpha value is -3.41. The molecule has 2 aromatic rings. The van der Waals surface area contributed by atoms with Gasteiger partial charge in [0.05, 0.1) is 30.4 Å². The number of hydrogen-bond donors (Lipinski definition) is 1. The number of benzene rings is 2. The number of hydrogen-bond acceptors (Lipinski definition) is 6. The number of methoxy groups -OCH3 is 1. The Labute approximate surface area is 175 Å². The number of cyclic esters (lactones) is 2. The lowest BCUT2D eigenvalue weighted by molar-refractivity contribution is -0.288. The zero-order chi connectivity index (χ0) is 24.1. The van der Waals surface area contributed by atoms with Crippen LogP contribution < -0.4 is 0 Å². The Morgan fingerprint density at radius 1 is 0.906 bits per heavy atom. The maximum atomic E-state index is 14.3. The Morgan fingerprint density at radius 2 is 1.44 bits per heavy atom. The lowest BCUT2D eigenvalue weighted by atomic mass is 9.71. The molecule has 0 fully saturated rings. The van der Waals surface area contributed by atoms with Gasteiger partial charge < -0.3 is 14.6 Å². The number of carbonyl (C=O) groups excluding carboxylic acids is 3. The van der Waals surface area contributed by atoms with Crippen molar-refractivity contribution >= 4 is 17.9 Å². The van der Waals surface area contributed by atoms with E-state index in [-0.39, 0.29) is 0 Å². The number of ether oxygens (including phenoxy) is 2. The molecule has 1 heterocycles. The van der Waals surface area contributed by atoms with Crippen molar-refractivity contribution in [2.24, 2.45) is 0 Å². The normalized spacial score (nSPS) is 14.2. The smallest absolute Gasteiger partial charge is 0.411 e. The van der Waals surface area contributed by atoms with Crippen molar-refractivity contribution in [1.29, 1.82) is 0 Å². The van der Waals surface area contributed by atoms with Gasteiger partial charge in [-0.2, -0.15) is 26.3 Å². The summed E-state index contributed by atoms with van der Waals surface area (Å²) in [5.74, 6) is -3.67. The number of carbonyl (C=O) groups is 3. The average Bonchev–Trinajstić information content (AvgIpc) is 2.99. The first kappa shape index (κ1) is 23.3. The molecule has 0 radical (unpaired) electrons. The van der Waals surface area contributed by atoms with Crippen molar-refractivity contribution < 1.29 is 55.3 Å². The van der Waals surface area contributed by atoms with E-state index in [9.17, 15) is 45.8 Å². The number of alkyl halides is 6. The molecule has 0 saturated heterocycles. The van der Waals surface area contributed by atoms with Crippen molar-refractivity contribution in [3.63, 3.8) is 0 Å². The van der Waals surface area contributed by atoms with Crippen LogP contribution in [0.5, 0.6) is 0 Å². The molecule has 2 aromatic carbocycles. The molecule has 6 nitrogen and oxygen atoms in total. The molecule has 0 atom stereocenters. The van der Waals surface area contributed by atoms with E-state index in [4.69, 9.17) is 0 Å². The Morgan fingerprint density at radius 3 is 1.97 bits per heavy atom. The highest BCUT2D eigenvalue weighted by Crippen LogP contribution is 2.56. The van der Waals surface area contributed by atoms with Crippen LogP contribution in [0.4, 0.5) is 26.3 Å². The molecule has 0 aromatic heterocycles. The highest BCUT2D eigenvalue weighted by molar-refractivity contribution is 6.14. The summed E-state index contributed by atoms with van der Waals surface area (Å²) in [5.41, 5.74) is -9.64. The minimum atomic E-state index is -5.99. The molecule has 1 N–H and O–H groups in total. The summed E-state index contributed by atoms with van der Waals surface area (Å²) < 4.78 is 94.3. The highest BCUT2D eigenvalue weighted by atomic mass is 19.4. The quantitative estimate of drug-likeness (QED) is 0.424. The molecule has 0 unspecified atom stereocenters. The van der Waals surface area contributed by atoms with Crippen LogP contribution in [0, 0.1) is 0 Å². The molecule has 0 spiro atoms. The lowest BCUT2D eigenvalue weighted by Gasteiger charge is -2.38. The second-order valence-electron chi connectivity index (χ2n) is 6.70. The minimum absolute atomic E-state index is 0.302. The fraction of sp³-hybridized carbons (Fsp3) is 0.250. The molecular weight excluding hydrogens is 450 g/mol. The topological polar surface area (TPSA) is 89.9 Å². The van der Waals surface area contributed by atoms with Gasteiger partial charge in [-0.3, -0.25) is 0 Å². The molecule has 0 aliphatic carbocycles. The zero-order valence-corrected chi connectivity index (χ0v) is 15.9.